The van der Waals surface area contributed by atoms with Gasteiger partial charge in [0.05, 0.1) is 17.2 Å². The molecule has 0 heterocycles. The van der Waals surface area contributed by atoms with E-state index < -0.39 is 0 Å². The average molecular weight is 304 g/mol. The Kier molecular flexibility index (Phi) is 5.20. The molecular weight excluding hydrogens is 286 g/mol. The van der Waals surface area contributed by atoms with Crippen LogP contribution in [0, 0.1) is 5.41 Å². The van der Waals surface area contributed by atoms with Crippen LogP contribution < -0.4 is 10.6 Å². The lowest BCUT2D eigenvalue weighted by Gasteiger charge is -2.26. The van der Waals surface area contributed by atoms with E-state index in [1.807, 2.05) is 47.4 Å². The Morgan fingerprint density at radius 2 is 1.86 bits per heavy atom. The monoisotopic (exact) mass is 303 g/mol. The van der Waals surface area contributed by atoms with Crippen LogP contribution in [0.3, 0.4) is 0 Å². The lowest BCUT2D eigenvalue weighted by Crippen LogP contribution is -2.29. The number of nitrogens with two attached hydrogens (primary N) is 1. The van der Waals surface area contributed by atoms with Gasteiger partial charge in [-0.05, 0) is 17.7 Å². The fourth-order valence-corrected chi connectivity index (χ4v) is 2.52. The van der Waals surface area contributed by atoms with E-state index >= 15 is 0 Å². The van der Waals surface area contributed by atoms with Gasteiger partial charge in [-0.25, -0.2) is 0 Å². The molecule has 0 radical (unpaired) electrons. The van der Waals surface area contributed by atoms with Gasteiger partial charge in [-0.1, -0.05) is 48.0 Å². The number of nitrogens with zero attached hydrogens (tertiary/aromatic N) is 1. The van der Waals surface area contributed by atoms with Crippen molar-refractivity contribution in [1.82, 2.24) is 0 Å². The number of rotatable bonds is 6. The molecule has 5 heteroatoms. The molecule has 0 fully saturated rings. The Labute approximate surface area is 129 Å². The lowest BCUT2D eigenvalue weighted by molar-refractivity contribution is 0.301. The smallest absolute Gasteiger partial charge is 0.126 e. The minimum atomic E-state index is -0.0772. The van der Waals surface area contributed by atoms with Crippen molar-refractivity contribution in [2.45, 2.75) is 6.54 Å². The van der Waals surface area contributed by atoms with E-state index in [1.54, 1.807) is 6.07 Å². The van der Waals surface area contributed by atoms with Gasteiger partial charge >= 0.3 is 0 Å². The van der Waals surface area contributed by atoms with Crippen LogP contribution in [-0.4, -0.2) is 24.1 Å². The third-order valence-electron chi connectivity index (χ3n) is 3.19. The molecular formula is C16H18ClN3O. The molecule has 0 bridgehead atoms. The van der Waals surface area contributed by atoms with Crippen LogP contribution in [0.4, 0.5) is 5.69 Å². The summed E-state index contributed by atoms with van der Waals surface area (Å²) >= 11 is 6.16. The number of nitrogens with one attached hydrogen (secondary N) is 1. The van der Waals surface area contributed by atoms with Crippen LogP contribution in [-0.2, 0) is 6.54 Å². The van der Waals surface area contributed by atoms with Gasteiger partial charge in [0.15, 0.2) is 0 Å². The van der Waals surface area contributed by atoms with Gasteiger partial charge in [-0.2, -0.15) is 0 Å². The normalized spacial score (nSPS) is 10.4. The molecule has 0 aliphatic carbocycles. The molecule has 4 nitrogen and oxygen atoms in total. The van der Waals surface area contributed by atoms with Gasteiger partial charge in [0, 0.05) is 18.8 Å². The van der Waals surface area contributed by atoms with E-state index in [0.717, 1.165) is 11.3 Å². The molecule has 2 aromatic carbocycles. The van der Waals surface area contributed by atoms with Crippen LogP contribution in [0.5, 0.6) is 0 Å². The molecule has 0 aliphatic heterocycles. The topological polar surface area (TPSA) is 73.3 Å². The highest BCUT2D eigenvalue weighted by molar-refractivity contribution is 6.34. The Hall–Kier alpha value is -2.04. The second kappa shape index (κ2) is 7.11. The van der Waals surface area contributed by atoms with Crippen LogP contribution >= 0.6 is 11.6 Å². The minimum absolute atomic E-state index is 0.0106. The second-order valence-electron chi connectivity index (χ2n) is 4.68. The maximum atomic E-state index is 9.32. The van der Waals surface area contributed by atoms with Crippen molar-refractivity contribution >= 4 is 23.1 Å². The summed E-state index contributed by atoms with van der Waals surface area (Å²) < 4.78 is 0. The van der Waals surface area contributed by atoms with Gasteiger partial charge in [0.1, 0.15) is 5.84 Å². The van der Waals surface area contributed by atoms with Crippen LogP contribution in [0.15, 0.2) is 48.5 Å². The van der Waals surface area contributed by atoms with Gasteiger partial charge < -0.3 is 15.7 Å². The Morgan fingerprint density at radius 1 is 1.14 bits per heavy atom. The van der Waals surface area contributed by atoms with E-state index in [0.29, 0.717) is 23.7 Å². The standard InChI is InChI=1S/C16H18ClN3O/c17-13-7-4-8-14(15(13)16(18)19)20(9-10-21)11-12-5-2-1-3-6-12/h1-8,21H,9-11H2,(H3,18,19). The van der Waals surface area contributed by atoms with Gasteiger partial charge in [0.2, 0.25) is 0 Å². The van der Waals surface area contributed by atoms with E-state index in [4.69, 9.17) is 22.7 Å². The lowest BCUT2D eigenvalue weighted by atomic mass is 10.1. The van der Waals surface area contributed by atoms with Gasteiger partial charge in [0.25, 0.3) is 0 Å². The van der Waals surface area contributed by atoms with Crippen molar-refractivity contribution in [3.8, 4) is 0 Å². The van der Waals surface area contributed by atoms with Crippen LogP contribution in [0.25, 0.3) is 0 Å². The van der Waals surface area contributed by atoms with Crippen molar-refractivity contribution in [3.63, 3.8) is 0 Å². The number of aliphatic hydroxyl groups excluding tert-OH is 1. The molecule has 2 aromatic rings. The zero-order chi connectivity index (χ0) is 15.2. The van der Waals surface area contributed by atoms with E-state index in [9.17, 15) is 5.11 Å². The zero-order valence-electron chi connectivity index (χ0n) is 11.6. The third kappa shape index (κ3) is 3.74. The number of aliphatic hydroxyl groups is 1. The third-order valence-corrected chi connectivity index (χ3v) is 3.50. The highest BCUT2D eigenvalue weighted by atomic mass is 35.5. The maximum absolute atomic E-state index is 9.32. The second-order valence-corrected chi connectivity index (χ2v) is 5.09. The van der Waals surface area contributed by atoms with Crippen LogP contribution in [0.2, 0.25) is 5.02 Å². The van der Waals surface area contributed by atoms with Crippen LogP contribution in [0.1, 0.15) is 11.1 Å². The summed E-state index contributed by atoms with van der Waals surface area (Å²) in [5.41, 5.74) is 8.02. The first-order valence-corrected chi connectivity index (χ1v) is 7.04. The molecule has 110 valence electrons. The maximum Gasteiger partial charge on any atom is 0.126 e. The van der Waals surface area contributed by atoms with Crippen molar-refractivity contribution in [1.29, 1.82) is 5.41 Å². The summed E-state index contributed by atoms with van der Waals surface area (Å²) in [6, 6.07) is 15.3. The van der Waals surface area contributed by atoms with E-state index in [1.165, 1.54) is 0 Å². The van der Waals surface area contributed by atoms with Gasteiger partial charge in [-0.3, -0.25) is 5.41 Å². The van der Waals surface area contributed by atoms with Crippen molar-refractivity contribution in [2.24, 2.45) is 5.73 Å². The number of benzene rings is 2. The molecule has 0 amide bonds. The Morgan fingerprint density at radius 3 is 2.48 bits per heavy atom. The molecule has 4 N–H and O–H groups in total. The quantitative estimate of drug-likeness (QED) is 0.567. The molecule has 2 rings (SSSR count). The average Bonchev–Trinajstić information content (AvgIpc) is 2.47. The van der Waals surface area contributed by atoms with E-state index in [-0.39, 0.29) is 12.4 Å². The van der Waals surface area contributed by atoms with Crippen molar-refractivity contribution in [3.05, 3.63) is 64.7 Å². The SMILES string of the molecule is N=C(N)c1c(Cl)cccc1N(CCO)Cc1ccccc1. The summed E-state index contributed by atoms with van der Waals surface area (Å²) in [7, 11) is 0. The molecule has 0 spiro atoms. The van der Waals surface area contributed by atoms with Crippen molar-refractivity contribution in [2.75, 3.05) is 18.1 Å². The van der Waals surface area contributed by atoms with Crippen molar-refractivity contribution < 1.29 is 5.11 Å². The first kappa shape index (κ1) is 15.4. The zero-order valence-corrected chi connectivity index (χ0v) is 12.3. The molecule has 0 atom stereocenters. The highest BCUT2D eigenvalue weighted by Crippen LogP contribution is 2.28. The molecule has 0 saturated carbocycles. The summed E-state index contributed by atoms with van der Waals surface area (Å²) in [6.07, 6.45) is 0. The fraction of sp³-hybridized carbons (Fsp3) is 0.188. The molecule has 0 saturated heterocycles. The summed E-state index contributed by atoms with van der Waals surface area (Å²) in [4.78, 5) is 1.97. The number of nitrogen functional groups attached to an aromatic ring is 1. The summed E-state index contributed by atoms with van der Waals surface area (Å²) in [5.74, 6) is -0.0772. The predicted molar refractivity (Wildman–Crippen MR) is 87.0 cm³/mol. The molecule has 0 aliphatic rings. The largest absolute Gasteiger partial charge is 0.395 e. The Bertz CT molecular complexity index is 616. The Balaban J connectivity index is 2.39. The molecule has 0 aromatic heterocycles. The van der Waals surface area contributed by atoms with E-state index in [2.05, 4.69) is 0 Å². The summed E-state index contributed by atoms with van der Waals surface area (Å²) in [5, 5.41) is 17.5. The number of amidine groups is 1. The number of hydrogen-bond donors (Lipinski definition) is 3. The first-order valence-electron chi connectivity index (χ1n) is 6.66. The fourth-order valence-electron chi connectivity index (χ4n) is 2.25. The predicted octanol–water partition coefficient (Wildman–Crippen LogP) is 2.62. The minimum Gasteiger partial charge on any atom is -0.395 e. The molecule has 21 heavy (non-hydrogen) atoms. The number of halogens is 1. The van der Waals surface area contributed by atoms with Gasteiger partial charge in [-0.15, -0.1) is 0 Å². The number of hydrogen-bond acceptors (Lipinski definition) is 3. The number of anilines is 1. The molecule has 0 unspecified atom stereocenters. The summed E-state index contributed by atoms with van der Waals surface area (Å²) in [6.45, 7) is 1.06. The first-order chi connectivity index (χ1) is 10.1. The highest BCUT2D eigenvalue weighted by Gasteiger charge is 2.16.